The second-order valence-electron chi connectivity index (χ2n) is 5.74. The minimum Gasteiger partial charge on any atom is -0.283 e. The molecule has 0 fully saturated rings. The third kappa shape index (κ3) is 4.14. The van der Waals surface area contributed by atoms with E-state index in [1.807, 2.05) is 22.9 Å². The molecule has 0 bridgehead atoms. The Hall–Kier alpha value is -2.39. The summed E-state index contributed by atoms with van der Waals surface area (Å²) in [5.41, 5.74) is 0.832. The van der Waals surface area contributed by atoms with Crippen molar-refractivity contribution in [2.24, 2.45) is 5.92 Å². The Labute approximate surface area is 169 Å². The van der Waals surface area contributed by atoms with Gasteiger partial charge in [0.1, 0.15) is 4.83 Å². The smallest absolute Gasteiger partial charge is 0.263 e. The molecule has 1 atom stereocenters. The van der Waals surface area contributed by atoms with Crippen LogP contribution >= 0.6 is 34.4 Å². The first kappa shape index (κ1) is 19.4. The molecule has 0 unspecified atom stereocenters. The molecule has 3 rings (SSSR count). The van der Waals surface area contributed by atoms with Crippen molar-refractivity contribution < 1.29 is 0 Å². The van der Waals surface area contributed by atoms with Gasteiger partial charge >= 0.3 is 0 Å². The molecule has 0 radical (unpaired) electrons. The minimum absolute atomic E-state index is 0.0856. The van der Waals surface area contributed by atoms with E-state index in [1.54, 1.807) is 22.0 Å². The van der Waals surface area contributed by atoms with Crippen LogP contribution in [0.25, 0.3) is 20.7 Å². The van der Waals surface area contributed by atoms with Gasteiger partial charge in [0.15, 0.2) is 5.16 Å². The van der Waals surface area contributed by atoms with E-state index in [1.165, 1.54) is 23.1 Å². The van der Waals surface area contributed by atoms with Crippen molar-refractivity contribution in [3.63, 3.8) is 0 Å². The Bertz CT molecular complexity index is 1080. The first-order valence-corrected chi connectivity index (χ1v) is 11.0. The van der Waals surface area contributed by atoms with Crippen LogP contribution in [0.2, 0.25) is 0 Å². The van der Waals surface area contributed by atoms with Crippen LogP contribution in [0.3, 0.4) is 0 Å². The quantitative estimate of drug-likeness (QED) is 0.298. The van der Waals surface area contributed by atoms with Gasteiger partial charge in [0.25, 0.3) is 5.56 Å². The molecule has 8 heteroatoms. The second kappa shape index (κ2) is 9.01. The van der Waals surface area contributed by atoms with Gasteiger partial charge in [0.05, 0.1) is 23.4 Å². The van der Waals surface area contributed by atoms with Gasteiger partial charge < -0.3 is 0 Å². The zero-order valence-electron chi connectivity index (χ0n) is 14.4. The number of aromatic nitrogens is 2. The summed E-state index contributed by atoms with van der Waals surface area (Å²) in [4.78, 5) is 19.6. The third-order valence-electron chi connectivity index (χ3n) is 3.96. The predicted octanol–water partition coefficient (Wildman–Crippen LogP) is 4.91. The lowest BCUT2D eigenvalue weighted by Gasteiger charge is -2.12. The molecule has 136 valence electrons. The van der Waals surface area contributed by atoms with Crippen LogP contribution in [0.1, 0.15) is 12.8 Å². The first-order chi connectivity index (χ1) is 13.2. The van der Waals surface area contributed by atoms with Crippen molar-refractivity contribution >= 4 is 44.7 Å². The SMILES string of the molecule is C=CCn1c(SC[C@H](C#N)CCC#N)nc2scc(-c3cccs3)c2c1=O. The molecule has 27 heavy (non-hydrogen) atoms. The normalized spacial score (nSPS) is 11.8. The second-order valence-corrected chi connectivity index (χ2v) is 8.53. The zero-order chi connectivity index (χ0) is 19.2. The standard InChI is InChI=1S/C19H16N4OS3/c1-2-8-23-18(24)16-14(15-6-4-9-25-15)12-26-17(16)22-19(23)27-11-13(10-21)5-3-7-20/h2,4,6,9,12-13H,1,3,5,8,11H2/t13-/m0/s1. The Balaban J connectivity index is 2.00. The molecule has 0 aromatic carbocycles. The fourth-order valence-corrected chi connectivity index (χ4v) is 5.49. The number of nitriles is 2. The molecule has 0 saturated carbocycles. The summed E-state index contributed by atoms with van der Waals surface area (Å²) in [6.45, 7) is 4.11. The lowest BCUT2D eigenvalue weighted by Crippen LogP contribution is -2.23. The molecular weight excluding hydrogens is 396 g/mol. The largest absolute Gasteiger partial charge is 0.283 e. The van der Waals surface area contributed by atoms with Crippen molar-refractivity contribution in [1.29, 1.82) is 10.5 Å². The summed E-state index contributed by atoms with van der Waals surface area (Å²) >= 11 is 4.44. The molecule has 3 aromatic heterocycles. The number of hydrogen-bond acceptors (Lipinski definition) is 7. The number of fused-ring (bicyclic) bond motifs is 1. The van der Waals surface area contributed by atoms with E-state index in [9.17, 15) is 10.1 Å². The molecule has 0 N–H and O–H groups in total. The van der Waals surface area contributed by atoms with E-state index in [2.05, 4.69) is 18.7 Å². The molecule has 0 saturated heterocycles. The molecular formula is C19H16N4OS3. The van der Waals surface area contributed by atoms with Crippen LogP contribution in [0, 0.1) is 28.6 Å². The van der Waals surface area contributed by atoms with Crippen LogP contribution in [0.15, 0.2) is 45.5 Å². The first-order valence-electron chi connectivity index (χ1n) is 8.25. The van der Waals surface area contributed by atoms with E-state index in [0.717, 1.165) is 10.4 Å². The highest BCUT2D eigenvalue weighted by molar-refractivity contribution is 7.99. The van der Waals surface area contributed by atoms with Crippen LogP contribution in [-0.2, 0) is 6.54 Å². The van der Waals surface area contributed by atoms with Crippen LogP contribution in [0.5, 0.6) is 0 Å². The van der Waals surface area contributed by atoms with Gasteiger partial charge in [-0.3, -0.25) is 9.36 Å². The maximum absolute atomic E-state index is 13.2. The van der Waals surface area contributed by atoms with Gasteiger partial charge in [-0.15, -0.1) is 29.3 Å². The van der Waals surface area contributed by atoms with Gasteiger partial charge in [0, 0.05) is 34.5 Å². The Morgan fingerprint density at radius 3 is 2.93 bits per heavy atom. The van der Waals surface area contributed by atoms with E-state index in [0.29, 0.717) is 40.5 Å². The van der Waals surface area contributed by atoms with E-state index in [4.69, 9.17) is 10.2 Å². The Kier molecular flexibility index (Phi) is 6.46. The fraction of sp³-hybridized carbons (Fsp3) is 0.263. The topological polar surface area (TPSA) is 82.5 Å². The summed E-state index contributed by atoms with van der Waals surface area (Å²) in [7, 11) is 0. The molecule has 0 aliphatic heterocycles. The Morgan fingerprint density at radius 2 is 2.26 bits per heavy atom. The molecule has 0 spiro atoms. The van der Waals surface area contributed by atoms with Crippen molar-refractivity contribution in [2.45, 2.75) is 24.5 Å². The molecule has 3 heterocycles. The monoisotopic (exact) mass is 412 g/mol. The highest BCUT2D eigenvalue weighted by atomic mass is 32.2. The molecule has 0 aliphatic rings. The summed E-state index contributed by atoms with van der Waals surface area (Å²) in [6.07, 6.45) is 2.54. The maximum Gasteiger partial charge on any atom is 0.263 e. The number of rotatable bonds is 8. The number of thioether (sulfide) groups is 1. The molecule has 0 aliphatic carbocycles. The minimum atomic E-state index is -0.246. The predicted molar refractivity (Wildman–Crippen MR) is 112 cm³/mol. The number of hydrogen-bond donors (Lipinski definition) is 0. The van der Waals surface area contributed by atoms with Gasteiger partial charge in [-0.1, -0.05) is 23.9 Å². The van der Waals surface area contributed by atoms with Gasteiger partial charge in [0.2, 0.25) is 0 Å². The van der Waals surface area contributed by atoms with E-state index in [-0.39, 0.29) is 11.5 Å². The summed E-state index contributed by atoms with van der Waals surface area (Å²) < 4.78 is 1.61. The van der Waals surface area contributed by atoms with Crippen LogP contribution in [0.4, 0.5) is 0 Å². The lowest BCUT2D eigenvalue weighted by molar-refractivity contribution is 0.660. The molecule has 5 nitrogen and oxygen atoms in total. The van der Waals surface area contributed by atoms with Gasteiger partial charge in [-0.05, 0) is 17.9 Å². The highest BCUT2D eigenvalue weighted by Crippen LogP contribution is 2.34. The number of nitrogens with zero attached hydrogens (tertiary/aromatic N) is 4. The summed E-state index contributed by atoms with van der Waals surface area (Å²) in [5.74, 6) is 0.251. The maximum atomic E-state index is 13.2. The zero-order valence-corrected chi connectivity index (χ0v) is 16.9. The fourth-order valence-electron chi connectivity index (χ4n) is 2.62. The van der Waals surface area contributed by atoms with Crippen molar-refractivity contribution in [3.05, 3.63) is 45.9 Å². The summed E-state index contributed by atoms with van der Waals surface area (Å²) in [6, 6.07) is 8.26. The third-order valence-corrected chi connectivity index (χ3v) is 6.87. The van der Waals surface area contributed by atoms with Crippen molar-refractivity contribution in [2.75, 3.05) is 5.75 Å². The average Bonchev–Trinajstić information content (AvgIpc) is 3.34. The average molecular weight is 413 g/mol. The van der Waals surface area contributed by atoms with Crippen LogP contribution < -0.4 is 5.56 Å². The molecule has 0 amide bonds. The van der Waals surface area contributed by atoms with Crippen molar-refractivity contribution in [3.8, 4) is 22.6 Å². The van der Waals surface area contributed by atoms with Crippen molar-refractivity contribution in [1.82, 2.24) is 9.55 Å². The van der Waals surface area contributed by atoms with E-state index >= 15 is 0 Å². The number of allylic oxidation sites excluding steroid dienone is 1. The van der Waals surface area contributed by atoms with E-state index < -0.39 is 0 Å². The molecule has 3 aromatic rings. The van der Waals surface area contributed by atoms with Crippen LogP contribution in [-0.4, -0.2) is 15.3 Å². The van der Waals surface area contributed by atoms with Gasteiger partial charge in [-0.25, -0.2) is 4.98 Å². The van der Waals surface area contributed by atoms with Gasteiger partial charge in [-0.2, -0.15) is 10.5 Å². The highest BCUT2D eigenvalue weighted by Gasteiger charge is 2.18. The Morgan fingerprint density at radius 1 is 1.41 bits per heavy atom. The lowest BCUT2D eigenvalue weighted by atomic mass is 10.1. The summed E-state index contributed by atoms with van der Waals surface area (Å²) in [5, 5.41) is 23.2. The number of thiophene rings is 2.